The number of hydrogen-bond donors (Lipinski definition) is 2. The fourth-order valence-corrected chi connectivity index (χ4v) is 2.26. The molecule has 2 heterocycles. The third-order valence-electron chi connectivity index (χ3n) is 2.92. The molecule has 1 fully saturated rings. The summed E-state index contributed by atoms with van der Waals surface area (Å²) in [4.78, 5) is 0. The Morgan fingerprint density at radius 3 is 3.11 bits per heavy atom. The smallest absolute Gasteiger partial charge is 0.177 e. The van der Waals surface area contributed by atoms with Gasteiger partial charge in [0, 0.05) is 17.2 Å². The Labute approximate surface area is 115 Å². The molecule has 0 radical (unpaired) electrons. The van der Waals surface area contributed by atoms with Crippen LogP contribution in [0.2, 0.25) is 0 Å². The fraction of sp³-hybridized carbons (Fsp3) is 0.583. The van der Waals surface area contributed by atoms with Crippen LogP contribution in [0.4, 0.5) is 0 Å². The van der Waals surface area contributed by atoms with Crippen LogP contribution in [-0.2, 0) is 9.47 Å². The van der Waals surface area contributed by atoms with Gasteiger partial charge in [0.25, 0.3) is 0 Å². The lowest BCUT2D eigenvalue weighted by Gasteiger charge is -2.42. The van der Waals surface area contributed by atoms with Crippen LogP contribution in [0.5, 0.6) is 0 Å². The number of nitrogens with zero attached hydrogens (tertiary/aromatic N) is 1. The van der Waals surface area contributed by atoms with Crippen molar-refractivity contribution in [1.82, 2.24) is 10.6 Å². The lowest BCUT2D eigenvalue weighted by molar-refractivity contribution is -0.0984. The van der Waals surface area contributed by atoms with Crippen molar-refractivity contribution >= 4 is 15.9 Å². The Bertz CT molecular complexity index is 399. The molecule has 6 heteroatoms. The molecule has 0 aromatic rings. The van der Waals surface area contributed by atoms with Crippen LogP contribution in [0.15, 0.2) is 22.8 Å². The van der Waals surface area contributed by atoms with Crippen molar-refractivity contribution in [3.05, 3.63) is 22.8 Å². The summed E-state index contributed by atoms with van der Waals surface area (Å²) < 4.78 is 12.3. The largest absolute Gasteiger partial charge is 0.378 e. The first-order chi connectivity index (χ1) is 8.66. The lowest BCUT2D eigenvalue weighted by atomic mass is 10.0. The predicted octanol–water partition coefficient (Wildman–Crippen LogP) is 0.995. The normalized spacial score (nSPS) is 33.2. The molecule has 0 aliphatic carbocycles. The van der Waals surface area contributed by atoms with Gasteiger partial charge < -0.3 is 20.1 Å². The highest BCUT2D eigenvalue weighted by atomic mass is 79.9. The van der Waals surface area contributed by atoms with Gasteiger partial charge in [-0.05, 0) is 35.0 Å². The van der Waals surface area contributed by atoms with Crippen molar-refractivity contribution < 1.29 is 9.47 Å². The Balaban J connectivity index is 2.17. The molecule has 2 aliphatic heterocycles. The maximum absolute atomic E-state index is 8.93. The third-order valence-corrected chi connectivity index (χ3v) is 3.41. The maximum Gasteiger partial charge on any atom is 0.177 e. The molecule has 3 atom stereocenters. The summed E-state index contributed by atoms with van der Waals surface area (Å²) in [6, 6.07) is 2.06. The first-order valence-electron chi connectivity index (χ1n) is 5.87. The molecule has 1 saturated heterocycles. The molecule has 0 bridgehead atoms. The quantitative estimate of drug-likeness (QED) is 0.813. The zero-order valence-corrected chi connectivity index (χ0v) is 11.7. The first kappa shape index (κ1) is 13.6. The molecule has 18 heavy (non-hydrogen) atoms. The Hall–Kier alpha value is -0.870. The second kappa shape index (κ2) is 5.85. The highest BCUT2D eigenvalue weighted by molar-refractivity contribution is 9.11. The van der Waals surface area contributed by atoms with E-state index in [4.69, 9.17) is 14.7 Å². The van der Waals surface area contributed by atoms with Gasteiger partial charge in [-0.1, -0.05) is 0 Å². The molecule has 5 nitrogen and oxygen atoms in total. The van der Waals surface area contributed by atoms with Crippen molar-refractivity contribution in [2.45, 2.75) is 24.8 Å². The van der Waals surface area contributed by atoms with Gasteiger partial charge in [0.2, 0.25) is 0 Å². The average Bonchev–Trinajstić information content (AvgIpc) is 2.42. The monoisotopic (exact) mass is 313 g/mol. The SMILES string of the molecule is C[C@H](C#N)OC1(C2COCCN2)C=CC(Br)=CN1. The van der Waals surface area contributed by atoms with E-state index in [1.807, 2.05) is 18.4 Å². The third kappa shape index (κ3) is 2.93. The Morgan fingerprint density at radius 2 is 2.56 bits per heavy atom. The molecular weight excluding hydrogens is 298 g/mol. The van der Waals surface area contributed by atoms with Gasteiger partial charge in [-0.2, -0.15) is 5.26 Å². The molecule has 2 rings (SSSR count). The molecule has 2 N–H and O–H groups in total. The average molecular weight is 314 g/mol. The molecular formula is C12H16BrN3O2. The van der Waals surface area contributed by atoms with E-state index in [1.54, 1.807) is 6.92 Å². The van der Waals surface area contributed by atoms with Crippen molar-refractivity contribution in [3.8, 4) is 6.07 Å². The summed E-state index contributed by atoms with van der Waals surface area (Å²) in [5.74, 6) is 0. The van der Waals surface area contributed by atoms with E-state index in [2.05, 4.69) is 32.6 Å². The number of nitriles is 1. The molecule has 0 aromatic carbocycles. The number of morpholine rings is 1. The van der Waals surface area contributed by atoms with E-state index >= 15 is 0 Å². The Kier molecular flexibility index (Phi) is 4.40. The van der Waals surface area contributed by atoms with Crippen LogP contribution in [-0.4, -0.2) is 37.6 Å². The molecule has 2 aliphatic rings. The van der Waals surface area contributed by atoms with Crippen molar-refractivity contribution in [2.75, 3.05) is 19.8 Å². The highest BCUT2D eigenvalue weighted by Crippen LogP contribution is 2.25. The zero-order chi connectivity index (χ0) is 13.0. The second-order valence-corrected chi connectivity index (χ2v) is 5.19. The van der Waals surface area contributed by atoms with Gasteiger partial charge in [0.15, 0.2) is 5.72 Å². The van der Waals surface area contributed by atoms with Gasteiger partial charge >= 0.3 is 0 Å². The number of dihydropyridines is 1. The van der Waals surface area contributed by atoms with Crippen LogP contribution in [0.3, 0.4) is 0 Å². The van der Waals surface area contributed by atoms with E-state index in [0.29, 0.717) is 13.2 Å². The number of ether oxygens (including phenoxy) is 2. The van der Waals surface area contributed by atoms with E-state index in [-0.39, 0.29) is 6.04 Å². The number of hydrogen-bond acceptors (Lipinski definition) is 5. The fourth-order valence-electron chi connectivity index (χ4n) is 2.01. The van der Waals surface area contributed by atoms with E-state index < -0.39 is 11.8 Å². The molecule has 2 unspecified atom stereocenters. The molecule has 98 valence electrons. The van der Waals surface area contributed by atoms with E-state index in [9.17, 15) is 0 Å². The molecule has 0 saturated carbocycles. The van der Waals surface area contributed by atoms with Crippen molar-refractivity contribution in [3.63, 3.8) is 0 Å². The number of allylic oxidation sites excluding steroid dienone is 2. The molecule has 0 amide bonds. The summed E-state index contributed by atoms with van der Waals surface area (Å²) in [6.07, 6.45) is 5.14. The van der Waals surface area contributed by atoms with Gasteiger partial charge in [-0.25, -0.2) is 0 Å². The van der Waals surface area contributed by atoms with Crippen LogP contribution in [0.1, 0.15) is 6.92 Å². The summed E-state index contributed by atoms with van der Waals surface area (Å²) in [7, 11) is 0. The van der Waals surface area contributed by atoms with E-state index in [1.165, 1.54) is 0 Å². The van der Waals surface area contributed by atoms with Gasteiger partial charge in [0.1, 0.15) is 6.10 Å². The second-order valence-electron chi connectivity index (χ2n) is 4.27. The van der Waals surface area contributed by atoms with Crippen LogP contribution >= 0.6 is 15.9 Å². The van der Waals surface area contributed by atoms with Crippen LogP contribution in [0, 0.1) is 11.3 Å². The van der Waals surface area contributed by atoms with Gasteiger partial charge in [0.05, 0.1) is 25.3 Å². The highest BCUT2D eigenvalue weighted by Gasteiger charge is 2.40. The van der Waals surface area contributed by atoms with Crippen molar-refractivity contribution in [2.24, 2.45) is 0 Å². The zero-order valence-electron chi connectivity index (χ0n) is 10.1. The minimum Gasteiger partial charge on any atom is -0.378 e. The molecule has 0 spiro atoms. The topological polar surface area (TPSA) is 66.3 Å². The number of rotatable bonds is 3. The lowest BCUT2D eigenvalue weighted by Crippen LogP contribution is -2.64. The minimum atomic E-state index is -0.743. The van der Waals surface area contributed by atoms with Crippen LogP contribution < -0.4 is 10.6 Å². The Morgan fingerprint density at radius 1 is 1.72 bits per heavy atom. The van der Waals surface area contributed by atoms with Gasteiger partial charge in [-0.15, -0.1) is 0 Å². The summed E-state index contributed by atoms with van der Waals surface area (Å²) in [5, 5.41) is 15.5. The predicted molar refractivity (Wildman–Crippen MR) is 70.8 cm³/mol. The summed E-state index contributed by atoms with van der Waals surface area (Å²) >= 11 is 3.39. The summed E-state index contributed by atoms with van der Waals surface area (Å²) in [6.45, 7) is 3.75. The first-order valence-corrected chi connectivity index (χ1v) is 6.67. The molecule has 0 aromatic heterocycles. The van der Waals surface area contributed by atoms with Crippen LogP contribution in [0.25, 0.3) is 0 Å². The number of nitrogens with one attached hydrogen (secondary N) is 2. The maximum atomic E-state index is 8.93. The minimum absolute atomic E-state index is 0.0323. The number of halogens is 1. The summed E-state index contributed by atoms with van der Waals surface area (Å²) in [5.41, 5.74) is -0.743. The standard InChI is InChI=1S/C12H16BrN3O2/c1-9(6-14)18-12(3-2-10(13)7-16-12)11-8-17-5-4-15-11/h2-3,7,9,11,15-16H,4-5,8H2,1H3/t9-,11?,12?/m1/s1. The van der Waals surface area contributed by atoms with Gasteiger partial charge in [-0.3, -0.25) is 0 Å². The van der Waals surface area contributed by atoms with Crippen molar-refractivity contribution in [1.29, 1.82) is 5.26 Å². The van der Waals surface area contributed by atoms with E-state index in [0.717, 1.165) is 11.0 Å².